The largest absolute Gasteiger partial charge is 0.456 e. The highest BCUT2D eigenvalue weighted by Crippen LogP contribution is 2.50. The molecule has 0 unspecified atom stereocenters. The second kappa shape index (κ2) is 4.27. The zero-order valence-electron chi connectivity index (χ0n) is 13.0. The van der Waals surface area contributed by atoms with Gasteiger partial charge in [-0.25, -0.2) is 0 Å². The summed E-state index contributed by atoms with van der Waals surface area (Å²) in [5, 5.41) is 2.35. The minimum Gasteiger partial charge on any atom is -0.456 e. The molecule has 5 rings (SSSR count). The van der Waals surface area contributed by atoms with E-state index >= 15 is 0 Å². The average Bonchev–Trinajstić information content (AvgIpc) is 3.01. The lowest BCUT2D eigenvalue weighted by Crippen LogP contribution is -2.14. The zero-order chi connectivity index (χ0) is 15.8. The Morgan fingerprint density at radius 1 is 0.826 bits per heavy atom. The van der Waals surface area contributed by atoms with Gasteiger partial charge < -0.3 is 4.42 Å². The predicted molar refractivity (Wildman–Crippen MR) is 99.0 cm³/mol. The van der Waals surface area contributed by atoms with E-state index in [1.54, 1.807) is 0 Å². The second-order valence-electron chi connectivity index (χ2n) is 6.78. The molecule has 112 valence electrons. The maximum Gasteiger partial charge on any atom is 0.136 e. The van der Waals surface area contributed by atoms with Gasteiger partial charge in [-0.2, -0.15) is 0 Å². The van der Waals surface area contributed by atoms with Gasteiger partial charge in [-0.05, 0) is 46.5 Å². The molecule has 1 aliphatic carbocycles. The van der Waals surface area contributed by atoms with Crippen molar-refractivity contribution in [1.29, 1.82) is 0 Å². The third-order valence-corrected chi connectivity index (χ3v) is 5.81. The summed E-state index contributed by atoms with van der Waals surface area (Å²) in [6, 6.07) is 19.4. The Bertz CT molecular complexity index is 1100. The molecule has 1 aromatic heterocycles. The van der Waals surface area contributed by atoms with Gasteiger partial charge >= 0.3 is 0 Å². The fourth-order valence-corrected chi connectivity index (χ4v) is 4.54. The highest BCUT2D eigenvalue weighted by Gasteiger charge is 2.35. The van der Waals surface area contributed by atoms with Crippen molar-refractivity contribution in [3.8, 4) is 11.1 Å². The van der Waals surface area contributed by atoms with E-state index in [4.69, 9.17) is 4.42 Å². The van der Waals surface area contributed by atoms with E-state index in [-0.39, 0.29) is 5.41 Å². The molecule has 0 fully saturated rings. The van der Waals surface area contributed by atoms with E-state index in [1.165, 1.54) is 27.6 Å². The highest BCUT2D eigenvalue weighted by atomic mass is 79.9. The smallest absolute Gasteiger partial charge is 0.136 e. The van der Waals surface area contributed by atoms with Crippen molar-refractivity contribution >= 4 is 37.9 Å². The van der Waals surface area contributed by atoms with E-state index in [2.05, 4.69) is 72.2 Å². The van der Waals surface area contributed by atoms with Crippen LogP contribution in [0.25, 0.3) is 33.1 Å². The van der Waals surface area contributed by atoms with E-state index in [0.717, 1.165) is 21.0 Å². The molecule has 23 heavy (non-hydrogen) atoms. The summed E-state index contributed by atoms with van der Waals surface area (Å²) in [7, 11) is 0. The van der Waals surface area contributed by atoms with Gasteiger partial charge in [-0.1, -0.05) is 60.1 Å². The van der Waals surface area contributed by atoms with Crippen LogP contribution in [0.15, 0.2) is 63.5 Å². The summed E-state index contributed by atoms with van der Waals surface area (Å²) >= 11 is 3.67. The van der Waals surface area contributed by atoms with Crippen LogP contribution in [-0.2, 0) is 5.41 Å². The van der Waals surface area contributed by atoms with Gasteiger partial charge in [0.05, 0.1) is 0 Å². The van der Waals surface area contributed by atoms with Crippen LogP contribution in [0.5, 0.6) is 0 Å². The summed E-state index contributed by atoms with van der Waals surface area (Å²) < 4.78 is 7.20. The van der Waals surface area contributed by atoms with E-state index in [9.17, 15) is 0 Å². The number of halogens is 1. The van der Waals surface area contributed by atoms with Crippen molar-refractivity contribution in [2.45, 2.75) is 19.3 Å². The Labute approximate surface area is 143 Å². The number of hydrogen-bond donors (Lipinski definition) is 0. The third-order valence-electron chi connectivity index (χ3n) is 5.15. The molecule has 2 heteroatoms. The predicted octanol–water partition coefficient (Wildman–Crippen LogP) is 6.65. The molecule has 4 aromatic rings. The van der Waals surface area contributed by atoms with Gasteiger partial charge in [0, 0.05) is 20.7 Å². The maximum atomic E-state index is 6.11. The van der Waals surface area contributed by atoms with Crippen LogP contribution in [0, 0.1) is 0 Å². The van der Waals surface area contributed by atoms with E-state index in [1.807, 2.05) is 12.1 Å². The molecule has 0 radical (unpaired) electrons. The lowest BCUT2D eigenvalue weighted by molar-refractivity contribution is 0.658. The molecule has 0 atom stereocenters. The quantitative estimate of drug-likeness (QED) is 0.341. The normalized spacial score (nSPS) is 15.1. The number of benzene rings is 3. The van der Waals surface area contributed by atoms with Gasteiger partial charge in [0.25, 0.3) is 0 Å². The van der Waals surface area contributed by atoms with Crippen molar-refractivity contribution in [2.75, 3.05) is 0 Å². The van der Waals surface area contributed by atoms with Crippen molar-refractivity contribution in [2.24, 2.45) is 0 Å². The Hall–Kier alpha value is -2.06. The Morgan fingerprint density at radius 3 is 2.52 bits per heavy atom. The first kappa shape index (κ1) is 13.4. The SMILES string of the molecule is CC1(C)c2ccccc2-c2cc3oc4cccc(Br)c4c3cc21. The van der Waals surface area contributed by atoms with Crippen LogP contribution >= 0.6 is 15.9 Å². The van der Waals surface area contributed by atoms with Crippen LogP contribution in [0.1, 0.15) is 25.0 Å². The fourth-order valence-electron chi connectivity index (χ4n) is 3.98. The summed E-state index contributed by atoms with van der Waals surface area (Å²) in [6.07, 6.45) is 0. The number of fused-ring (bicyclic) bond motifs is 6. The first-order valence-corrected chi connectivity index (χ1v) is 8.62. The molecular weight excluding hydrogens is 348 g/mol. The summed E-state index contributed by atoms with van der Waals surface area (Å²) in [4.78, 5) is 0. The molecular formula is C21H15BrO. The minimum atomic E-state index is 0.0188. The van der Waals surface area contributed by atoms with E-state index in [0.29, 0.717) is 0 Å². The molecule has 0 spiro atoms. The van der Waals surface area contributed by atoms with Crippen molar-refractivity contribution in [1.82, 2.24) is 0 Å². The van der Waals surface area contributed by atoms with Gasteiger partial charge in [0.1, 0.15) is 11.2 Å². The minimum absolute atomic E-state index is 0.0188. The molecule has 0 saturated heterocycles. The maximum absolute atomic E-state index is 6.11. The van der Waals surface area contributed by atoms with Crippen LogP contribution in [-0.4, -0.2) is 0 Å². The monoisotopic (exact) mass is 362 g/mol. The Balaban J connectivity index is 1.96. The number of furan rings is 1. The van der Waals surface area contributed by atoms with Gasteiger partial charge in [-0.15, -0.1) is 0 Å². The van der Waals surface area contributed by atoms with Crippen molar-refractivity contribution in [3.05, 3.63) is 70.2 Å². The van der Waals surface area contributed by atoms with E-state index < -0.39 is 0 Å². The van der Waals surface area contributed by atoms with Crippen molar-refractivity contribution in [3.63, 3.8) is 0 Å². The number of hydrogen-bond acceptors (Lipinski definition) is 1. The zero-order valence-corrected chi connectivity index (χ0v) is 14.6. The first-order chi connectivity index (χ1) is 11.1. The van der Waals surface area contributed by atoms with Crippen molar-refractivity contribution < 1.29 is 4.42 Å². The number of rotatable bonds is 0. The molecule has 0 saturated carbocycles. The summed E-state index contributed by atoms with van der Waals surface area (Å²) in [5.41, 5.74) is 7.31. The second-order valence-corrected chi connectivity index (χ2v) is 7.63. The molecule has 0 N–H and O–H groups in total. The van der Waals surface area contributed by atoms with Gasteiger partial charge in [-0.3, -0.25) is 0 Å². The molecule has 0 aliphatic heterocycles. The van der Waals surface area contributed by atoms with Crippen LogP contribution in [0.4, 0.5) is 0 Å². The fraction of sp³-hybridized carbons (Fsp3) is 0.143. The Morgan fingerprint density at radius 2 is 1.65 bits per heavy atom. The third kappa shape index (κ3) is 1.62. The van der Waals surface area contributed by atoms with Crippen LogP contribution < -0.4 is 0 Å². The summed E-state index contributed by atoms with van der Waals surface area (Å²) in [5.74, 6) is 0. The average molecular weight is 363 g/mol. The molecule has 3 aromatic carbocycles. The van der Waals surface area contributed by atoms with Crippen LogP contribution in [0.2, 0.25) is 0 Å². The lowest BCUT2D eigenvalue weighted by Gasteiger charge is -2.21. The van der Waals surface area contributed by atoms with Gasteiger partial charge in [0.15, 0.2) is 0 Å². The topological polar surface area (TPSA) is 13.1 Å². The molecule has 1 nitrogen and oxygen atoms in total. The first-order valence-electron chi connectivity index (χ1n) is 7.82. The van der Waals surface area contributed by atoms with Gasteiger partial charge in [0.2, 0.25) is 0 Å². The standard InChI is InChI=1S/C21H15BrO/c1-21(2)15-7-4-3-6-12(15)13-11-19-14(10-16(13)21)20-17(22)8-5-9-18(20)23-19/h3-11H,1-2H3. The Kier molecular flexibility index (Phi) is 2.48. The molecule has 0 amide bonds. The molecule has 0 bridgehead atoms. The molecule has 1 heterocycles. The lowest BCUT2D eigenvalue weighted by atomic mass is 9.82. The molecule has 1 aliphatic rings. The highest BCUT2D eigenvalue weighted by molar-refractivity contribution is 9.10. The van der Waals surface area contributed by atoms with Crippen LogP contribution in [0.3, 0.4) is 0 Å². The summed E-state index contributed by atoms with van der Waals surface area (Å²) in [6.45, 7) is 4.61.